The van der Waals surface area contributed by atoms with Gasteiger partial charge in [0.15, 0.2) is 0 Å². The highest BCUT2D eigenvalue weighted by atomic mass is 16.1. The first-order valence-corrected chi connectivity index (χ1v) is 9.87. The van der Waals surface area contributed by atoms with Crippen LogP contribution in [0.15, 0.2) is 42.5 Å². The number of amides is 1. The number of piperidine rings is 1. The summed E-state index contributed by atoms with van der Waals surface area (Å²) >= 11 is 0. The second kappa shape index (κ2) is 9.16. The molecule has 1 aliphatic heterocycles. The molecule has 0 radical (unpaired) electrons. The highest BCUT2D eigenvalue weighted by Crippen LogP contribution is 2.19. The molecular formula is C23H31N3O. The summed E-state index contributed by atoms with van der Waals surface area (Å²) in [5.41, 5.74) is 12.0. The lowest BCUT2D eigenvalue weighted by atomic mass is 9.97. The van der Waals surface area contributed by atoms with Crippen LogP contribution in [0.4, 0.5) is 0 Å². The number of nitrogens with one attached hydrogen (secondary N) is 1. The van der Waals surface area contributed by atoms with Gasteiger partial charge in [-0.15, -0.1) is 0 Å². The number of nitrogens with zero attached hydrogens (tertiary/aromatic N) is 1. The zero-order chi connectivity index (χ0) is 19.2. The Morgan fingerprint density at radius 3 is 2.52 bits per heavy atom. The number of benzene rings is 2. The molecule has 27 heavy (non-hydrogen) atoms. The summed E-state index contributed by atoms with van der Waals surface area (Å²) in [6.45, 7) is 8.72. The summed E-state index contributed by atoms with van der Waals surface area (Å²) in [4.78, 5) is 13.8. The molecule has 4 heteroatoms. The highest BCUT2D eigenvalue weighted by molar-refractivity contribution is 5.76. The van der Waals surface area contributed by atoms with Crippen LogP contribution >= 0.6 is 0 Å². The lowest BCUT2D eigenvalue weighted by molar-refractivity contribution is -0.123. The summed E-state index contributed by atoms with van der Waals surface area (Å²) in [7, 11) is 0. The Kier molecular flexibility index (Phi) is 6.64. The number of carbonyl (C=O) groups excluding carboxylic acids is 1. The van der Waals surface area contributed by atoms with Crippen LogP contribution in [0.2, 0.25) is 0 Å². The first-order valence-electron chi connectivity index (χ1n) is 9.87. The normalized spacial score (nSPS) is 17.8. The van der Waals surface area contributed by atoms with E-state index < -0.39 is 0 Å². The van der Waals surface area contributed by atoms with Crippen molar-refractivity contribution in [3.8, 4) is 0 Å². The van der Waals surface area contributed by atoms with Gasteiger partial charge in [-0.05, 0) is 49.9 Å². The van der Waals surface area contributed by atoms with Gasteiger partial charge in [0, 0.05) is 26.2 Å². The van der Waals surface area contributed by atoms with Crippen molar-refractivity contribution >= 4 is 5.91 Å². The van der Waals surface area contributed by atoms with Gasteiger partial charge in [-0.3, -0.25) is 9.69 Å². The van der Waals surface area contributed by atoms with E-state index >= 15 is 0 Å². The minimum absolute atomic E-state index is 0.00128. The quantitative estimate of drug-likeness (QED) is 0.792. The molecule has 1 unspecified atom stereocenters. The van der Waals surface area contributed by atoms with Crippen LogP contribution in [0.3, 0.4) is 0 Å². The molecule has 1 atom stereocenters. The topological polar surface area (TPSA) is 58.4 Å². The maximum absolute atomic E-state index is 11.5. The molecule has 0 bridgehead atoms. The maximum atomic E-state index is 11.5. The van der Waals surface area contributed by atoms with Crippen molar-refractivity contribution in [1.82, 2.24) is 10.2 Å². The van der Waals surface area contributed by atoms with Crippen molar-refractivity contribution in [2.24, 2.45) is 11.7 Å². The number of carbonyl (C=O) groups is 1. The van der Waals surface area contributed by atoms with E-state index in [9.17, 15) is 4.79 Å². The molecule has 1 aliphatic rings. The number of primary amides is 1. The summed E-state index contributed by atoms with van der Waals surface area (Å²) < 4.78 is 0. The fraction of sp³-hybridized carbons (Fsp3) is 0.435. The molecule has 1 amide bonds. The Morgan fingerprint density at radius 2 is 1.78 bits per heavy atom. The molecule has 2 aromatic carbocycles. The predicted molar refractivity (Wildman–Crippen MR) is 110 cm³/mol. The molecule has 4 nitrogen and oxygen atoms in total. The van der Waals surface area contributed by atoms with Gasteiger partial charge in [0.2, 0.25) is 5.91 Å². The van der Waals surface area contributed by atoms with E-state index in [4.69, 9.17) is 5.73 Å². The molecular weight excluding hydrogens is 334 g/mol. The molecule has 1 fully saturated rings. The van der Waals surface area contributed by atoms with E-state index in [1.54, 1.807) is 0 Å². The lowest BCUT2D eigenvalue weighted by Gasteiger charge is -2.31. The van der Waals surface area contributed by atoms with E-state index in [-0.39, 0.29) is 11.8 Å². The highest BCUT2D eigenvalue weighted by Gasteiger charge is 2.23. The van der Waals surface area contributed by atoms with E-state index in [2.05, 4.69) is 66.5 Å². The largest absolute Gasteiger partial charge is 0.369 e. The average molecular weight is 366 g/mol. The number of aryl methyl sites for hydroxylation is 2. The van der Waals surface area contributed by atoms with Crippen LogP contribution in [-0.2, 0) is 24.4 Å². The Hall–Kier alpha value is -2.17. The number of nitrogens with two attached hydrogens (primary N) is 1. The fourth-order valence-electron chi connectivity index (χ4n) is 4.05. The number of hydrogen-bond acceptors (Lipinski definition) is 3. The van der Waals surface area contributed by atoms with Crippen molar-refractivity contribution in [3.05, 3.63) is 70.3 Å². The maximum Gasteiger partial charge on any atom is 0.221 e. The number of rotatable bonds is 7. The van der Waals surface area contributed by atoms with Crippen LogP contribution in [-0.4, -0.2) is 23.9 Å². The minimum Gasteiger partial charge on any atom is -0.369 e. The first kappa shape index (κ1) is 19.6. The van der Waals surface area contributed by atoms with Crippen molar-refractivity contribution in [3.63, 3.8) is 0 Å². The molecule has 0 spiro atoms. The molecule has 0 saturated carbocycles. The van der Waals surface area contributed by atoms with Crippen molar-refractivity contribution in [2.45, 2.75) is 46.3 Å². The molecule has 0 aliphatic carbocycles. The first-order chi connectivity index (χ1) is 13.0. The average Bonchev–Trinajstić information content (AvgIpc) is 2.61. The lowest BCUT2D eigenvalue weighted by Crippen LogP contribution is -2.40. The van der Waals surface area contributed by atoms with Crippen LogP contribution in [0, 0.1) is 19.8 Å². The fourth-order valence-corrected chi connectivity index (χ4v) is 4.05. The minimum atomic E-state index is -0.163. The molecule has 0 aromatic heterocycles. The van der Waals surface area contributed by atoms with E-state index in [1.807, 2.05) is 0 Å². The molecule has 144 valence electrons. The van der Waals surface area contributed by atoms with Gasteiger partial charge in [-0.25, -0.2) is 0 Å². The van der Waals surface area contributed by atoms with Crippen LogP contribution in [0.1, 0.15) is 40.7 Å². The third-order valence-corrected chi connectivity index (χ3v) is 5.25. The number of hydrogen-bond donors (Lipinski definition) is 2. The van der Waals surface area contributed by atoms with Crippen molar-refractivity contribution < 1.29 is 4.79 Å². The van der Waals surface area contributed by atoms with Gasteiger partial charge < -0.3 is 11.1 Å². The third kappa shape index (κ3) is 5.91. The number of likely N-dealkylation sites (tertiary alicyclic amines) is 1. The van der Waals surface area contributed by atoms with Gasteiger partial charge in [-0.2, -0.15) is 0 Å². The SMILES string of the molecule is Cc1cc(C)cc(CNCc2cccc(CN3CCCC(C(N)=O)C3)c2)c1. The third-order valence-electron chi connectivity index (χ3n) is 5.25. The molecule has 3 N–H and O–H groups in total. The van der Waals surface area contributed by atoms with E-state index in [0.717, 1.165) is 45.6 Å². The van der Waals surface area contributed by atoms with Crippen LogP contribution in [0.5, 0.6) is 0 Å². The molecule has 2 aromatic rings. The Labute approximate surface area is 162 Å². The van der Waals surface area contributed by atoms with Crippen LogP contribution in [0.25, 0.3) is 0 Å². The summed E-state index contributed by atoms with van der Waals surface area (Å²) in [6.07, 6.45) is 1.97. The van der Waals surface area contributed by atoms with Gasteiger partial charge in [0.1, 0.15) is 0 Å². The zero-order valence-electron chi connectivity index (χ0n) is 16.5. The van der Waals surface area contributed by atoms with Crippen molar-refractivity contribution in [2.75, 3.05) is 13.1 Å². The Balaban J connectivity index is 1.53. The standard InChI is InChI=1S/C23H31N3O/c1-17-9-18(2)11-21(10-17)14-25-13-19-5-3-6-20(12-19)15-26-8-4-7-22(16-26)23(24)27/h3,5-6,9-12,22,25H,4,7-8,13-16H2,1-2H3,(H2,24,27). The van der Waals surface area contributed by atoms with Gasteiger partial charge in [-0.1, -0.05) is 53.6 Å². The van der Waals surface area contributed by atoms with Crippen LogP contribution < -0.4 is 11.1 Å². The second-order valence-electron chi connectivity index (χ2n) is 7.90. The predicted octanol–water partition coefficient (Wildman–Crippen LogP) is 3.29. The second-order valence-corrected chi connectivity index (χ2v) is 7.90. The van der Waals surface area contributed by atoms with Crippen molar-refractivity contribution in [1.29, 1.82) is 0 Å². The summed E-state index contributed by atoms with van der Waals surface area (Å²) in [5, 5.41) is 3.55. The smallest absolute Gasteiger partial charge is 0.221 e. The van der Waals surface area contributed by atoms with E-state index in [1.165, 1.54) is 27.8 Å². The summed E-state index contributed by atoms with van der Waals surface area (Å²) in [5.74, 6) is -0.162. The molecule has 1 saturated heterocycles. The Bertz CT molecular complexity index is 767. The van der Waals surface area contributed by atoms with E-state index in [0.29, 0.717) is 0 Å². The monoisotopic (exact) mass is 365 g/mol. The van der Waals surface area contributed by atoms with Gasteiger partial charge in [0.25, 0.3) is 0 Å². The van der Waals surface area contributed by atoms with Gasteiger partial charge >= 0.3 is 0 Å². The summed E-state index contributed by atoms with van der Waals surface area (Å²) in [6, 6.07) is 15.4. The molecule has 1 heterocycles. The molecule has 3 rings (SSSR count). The zero-order valence-corrected chi connectivity index (χ0v) is 16.5. The Morgan fingerprint density at radius 1 is 1.07 bits per heavy atom. The van der Waals surface area contributed by atoms with Gasteiger partial charge in [0.05, 0.1) is 5.92 Å².